The van der Waals surface area contributed by atoms with Gasteiger partial charge in [0, 0.05) is 50.3 Å². The third-order valence-corrected chi connectivity index (χ3v) is 4.91. The summed E-state index contributed by atoms with van der Waals surface area (Å²) in [5.41, 5.74) is 3.61. The van der Waals surface area contributed by atoms with Crippen molar-refractivity contribution in [1.82, 2.24) is 19.8 Å². The molecule has 0 saturated heterocycles. The molecule has 0 unspecified atom stereocenters. The minimum atomic E-state index is -0.0672. The van der Waals surface area contributed by atoms with Crippen LogP contribution in [0.15, 0.2) is 67.0 Å². The molecule has 2 heterocycles. The molecule has 174 valence electrons. The highest BCUT2D eigenvalue weighted by atomic mass is 16.5. The maximum absolute atomic E-state index is 12.0. The highest BCUT2D eigenvalue weighted by molar-refractivity contribution is 5.92. The Morgan fingerprint density at radius 2 is 1.64 bits per heavy atom. The number of nitrogens with zero attached hydrogens (tertiary/aromatic N) is 4. The first kappa shape index (κ1) is 24.2. The van der Waals surface area contributed by atoms with Crippen LogP contribution in [0.3, 0.4) is 0 Å². The van der Waals surface area contributed by atoms with Gasteiger partial charge in [0.1, 0.15) is 5.75 Å². The van der Waals surface area contributed by atoms with Crippen molar-refractivity contribution in [2.45, 2.75) is 13.1 Å². The van der Waals surface area contributed by atoms with E-state index in [2.05, 4.69) is 25.5 Å². The predicted molar refractivity (Wildman–Crippen MR) is 131 cm³/mol. The average molecular weight is 449 g/mol. The fourth-order valence-electron chi connectivity index (χ4n) is 3.41. The topological polar surface area (TPSA) is 82.6 Å². The fourth-order valence-corrected chi connectivity index (χ4v) is 3.41. The van der Waals surface area contributed by atoms with Gasteiger partial charge in [-0.05, 0) is 50.5 Å². The second kappa shape index (κ2) is 12.5. The average Bonchev–Trinajstić information content (AvgIpc) is 2.80. The van der Waals surface area contributed by atoms with Crippen LogP contribution >= 0.6 is 0 Å². The summed E-state index contributed by atoms with van der Waals surface area (Å²) in [7, 11) is 5.34. The molecule has 0 atom stereocenters. The number of anilines is 2. The summed E-state index contributed by atoms with van der Waals surface area (Å²) < 4.78 is 5.54. The summed E-state index contributed by atoms with van der Waals surface area (Å²) in [5, 5.41) is 6.34. The summed E-state index contributed by atoms with van der Waals surface area (Å²) >= 11 is 0. The lowest BCUT2D eigenvalue weighted by atomic mass is 10.2. The SMILES string of the molecule is COc1cc(NC(=O)CN(C)C)ccc1NCCN(Cc1ccccn1)Cc1ccccn1. The molecule has 0 bridgehead atoms. The van der Waals surface area contributed by atoms with Crippen molar-refractivity contribution in [3.63, 3.8) is 0 Å². The first-order valence-corrected chi connectivity index (χ1v) is 10.9. The molecule has 3 aromatic rings. The number of carbonyl (C=O) groups is 1. The van der Waals surface area contributed by atoms with Crippen molar-refractivity contribution in [2.75, 3.05) is 51.5 Å². The number of rotatable bonds is 12. The summed E-state index contributed by atoms with van der Waals surface area (Å²) in [5.74, 6) is 0.612. The quantitative estimate of drug-likeness (QED) is 0.441. The second-order valence-corrected chi connectivity index (χ2v) is 7.98. The number of methoxy groups -OCH3 is 1. The highest BCUT2D eigenvalue weighted by Crippen LogP contribution is 2.28. The van der Waals surface area contributed by atoms with E-state index < -0.39 is 0 Å². The Hall–Kier alpha value is -3.49. The molecule has 2 N–H and O–H groups in total. The van der Waals surface area contributed by atoms with Gasteiger partial charge >= 0.3 is 0 Å². The van der Waals surface area contributed by atoms with E-state index in [4.69, 9.17) is 4.74 Å². The number of benzene rings is 1. The van der Waals surface area contributed by atoms with Gasteiger partial charge in [0.2, 0.25) is 5.91 Å². The number of ether oxygens (including phenoxy) is 1. The number of carbonyl (C=O) groups excluding carboxylic acids is 1. The molecule has 0 radical (unpaired) electrons. The van der Waals surface area contributed by atoms with E-state index in [0.717, 1.165) is 36.7 Å². The number of aromatic nitrogens is 2. The molecule has 8 heteroatoms. The van der Waals surface area contributed by atoms with Crippen LogP contribution < -0.4 is 15.4 Å². The van der Waals surface area contributed by atoms with Crippen LogP contribution in [0.4, 0.5) is 11.4 Å². The monoisotopic (exact) mass is 448 g/mol. The molecule has 0 spiro atoms. The van der Waals surface area contributed by atoms with Crippen LogP contribution in [0.5, 0.6) is 5.75 Å². The fraction of sp³-hybridized carbons (Fsp3) is 0.320. The van der Waals surface area contributed by atoms with Crippen LogP contribution in [0, 0.1) is 0 Å². The van der Waals surface area contributed by atoms with Gasteiger partial charge < -0.3 is 20.3 Å². The van der Waals surface area contributed by atoms with Gasteiger partial charge in [-0.15, -0.1) is 0 Å². The number of pyridine rings is 2. The van der Waals surface area contributed by atoms with E-state index in [0.29, 0.717) is 24.5 Å². The van der Waals surface area contributed by atoms with Crippen LogP contribution in [0.2, 0.25) is 0 Å². The number of amides is 1. The number of nitrogens with one attached hydrogen (secondary N) is 2. The Bertz CT molecular complexity index is 957. The molecule has 0 aliphatic carbocycles. The third-order valence-electron chi connectivity index (χ3n) is 4.91. The highest BCUT2D eigenvalue weighted by Gasteiger charge is 2.11. The van der Waals surface area contributed by atoms with Crippen molar-refractivity contribution >= 4 is 17.3 Å². The first-order chi connectivity index (χ1) is 16.0. The molecule has 0 fully saturated rings. The lowest BCUT2D eigenvalue weighted by Crippen LogP contribution is -2.29. The zero-order chi connectivity index (χ0) is 23.5. The van der Waals surface area contributed by atoms with E-state index in [9.17, 15) is 4.79 Å². The summed E-state index contributed by atoms with van der Waals surface area (Å²) in [6.07, 6.45) is 3.63. The van der Waals surface area contributed by atoms with Crippen molar-refractivity contribution in [3.8, 4) is 5.75 Å². The molecule has 0 saturated carbocycles. The van der Waals surface area contributed by atoms with E-state index >= 15 is 0 Å². The first-order valence-electron chi connectivity index (χ1n) is 10.9. The molecule has 8 nitrogen and oxygen atoms in total. The van der Waals surface area contributed by atoms with Gasteiger partial charge in [-0.25, -0.2) is 0 Å². The van der Waals surface area contributed by atoms with E-state index in [1.807, 2.05) is 86.0 Å². The standard InChI is InChI=1S/C25H32N6O2/c1-30(2)19-25(32)29-20-10-11-23(24(16-20)33-3)28-14-15-31(17-21-8-4-6-12-26-21)18-22-9-5-7-13-27-22/h4-13,16,28H,14-15,17-19H2,1-3H3,(H,29,32). The Balaban J connectivity index is 1.61. The Labute approximate surface area is 195 Å². The van der Waals surface area contributed by atoms with Gasteiger partial charge in [-0.3, -0.25) is 19.7 Å². The van der Waals surface area contributed by atoms with Crippen molar-refractivity contribution < 1.29 is 9.53 Å². The van der Waals surface area contributed by atoms with Crippen LogP contribution in [0.25, 0.3) is 0 Å². The number of hydrogen-bond donors (Lipinski definition) is 2. The molecule has 1 aromatic carbocycles. The second-order valence-electron chi connectivity index (χ2n) is 7.98. The Morgan fingerprint density at radius 1 is 0.970 bits per heavy atom. The molecular formula is C25H32N6O2. The molecule has 2 aromatic heterocycles. The summed E-state index contributed by atoms with van der Waals surface area (Å²) in [4.78, 5) is 25.1. The molecular weight excluding hydrogens is 416 g/mol. The lowest BCUT2D eigenvalue weighted by Gasteiger charge is -2.22. The maximum atomic E-state index is 12.0. The molecule has 0 aliphatic heterocycles. The van der Waals surface area contributed by atoms with Crippen molar-refractivity contribution in [3.05, 3.63) is 78.4 Å². The minimum absolute atomic E-state index is 0.0672. The number of likely N-dealkylation sites (N-methyl/N-ethyl adjacent to an activating group) is 1. The third kappa shape index (κ3) is 8.17. The van der Waals surface area contributed by atoms with Crippen molar-refractivity contribution in [2.24, 2.45) is 0 Å². The largest absolute Gasteiger partial charge is 0.495 e. The van der Waals surface area contributed by atoms with Gasteiger partial charge in [-0.2, -0.15) is 0 Å². The van der Waals surface area contributed by atoms with E-state index in [1.165, 1.54) is 0 Å². The van der Waals surface area contributed by atoms with Crippen LogP contribution in [-0.4, -0.2) is 66.5 Å². The molecule has 1 amide bonds. The molecule has 0 aliphatic rings. The summed E-state index contributed by atoms with van der Waals surface area (Å²) in [6.45, 7) is 3.28. The van der Waals surface area contributed by atoms with E-state index in [1.54, 1.807) is 7.11 Å². The van der Waals surface area contributed by atoms with Crippen molar-refractivity contribution in [1.29, 1.82) is 0 Å². The van der Waals surface area contributed by atoms with Gasteiger partial charge in [0.05, 0.1) is 30.7 Å². The Kier molecular flexibility index (Phi) is 9.17. The predicted octanol–water partition coefficient (Wildman–Crippen LogP) is 3.10. The molecule has 33 heavy (non-hydrogen) atoms. The normalized spacial score (nSPS) is 10.9. The molecule has 3 rings (SSSR count). The Morgan fingerprint density at radius 3 is 2.18 bits per heavy atom. The smallest absolute Gasteiger partial charge is 0.238 e. The van der Waals surface area contributed by atoms with E-state index in [-0.39, 0.29) is 5.91 Å². The maximum Gasteiger partial charge on any atom is 0.238 e. The zero-order valence-electron chi connectivity index (χ0n) is 19.5. The lowest BCUT2D eigenvalue weighted by molar-refractivity contribution is -0.116. The van der Waals surface area contributed by atoms with Gasteiger partial charge in [0.15, 0.2) is 0 Å². The van der Waals surface area contributed by atoms with Gasteiger partial charge in [-0.1, -0.05) is 12.1 Å². The minimum Gasteiger partial charge on any atom is -0.495 e. The van der Waals surface area contributed by atoms with Crippen LogP contribution in [-0.2, 0) is 17.9 Å². The van der Waals surface area contributed by atoms with Crippen LogP contribution in [0.1, 0.15) is 11.4 Å². The summed E-state index contributed by atoms with van der Waals surface area (Å²) in [6, 6.07) is 17.5. The zero-order valence-corrected chi connectivity index (χ0v) is 19.5. The number of hydrogen-bond acceptors (Lipinski definition) is 7. The van der Waals surface area contributed by atoms with Gasteiger partial charge in [0.25, 0.3) is 0 Å².